The van der Waals surface area contributed by atoms with Crippen molar-refractivity contribution < 1.29 is 4.74 Å². The topological polar surface area (TPSA) is 9.23 Å². The highest BCUT2D eigenvalue weighted by atomic mass is 79.9. The zero-order chi connectivity index (χ0) is 13.1. The predicted molar refractivity (Wildman–Crippen MR) is 86.0 cm³/mol. The molecule has 2 aromatic carbocycles. The molecule has 0 fully saturated rings. The minimum atomic E-state index is 0.649. The smallest absolute Gasteiger partial charge is 0.141 e. The van der Waals surface area contributed by atoms with E-state index >= 15 is 0 Å². The third-order valence-corrected chi connectivity index (χ3v) is 4.35. The monoisotopic (exact) mass is 452 g/mol. The molecular formula is C13H8Br3ClO. The van der Waals surface area contributed by atoms with E-state index in [0.717, 1.165) is 26.0 Å². The third-order valence-electron chi connectivity index (χ3n) is 2.32. The molecule has 0 N–H and O–H groups in total. The number of benzene rings is 2. The van der Waals surface area contributed by atoms with E-state index in [1.54, 1.807) is 0 Å². The summed E-state index contributed by atoms with van der Waals surface area (Å²) in [5, 5.41) is 1.34. The maximum Gasteiger partial charge on any atom is 0.141 e. The Balaban J connectivity index is 2.37. The van der Waals surface area contributed by atoms with E-state index in [-0.39, 0.29) is 0 Å². The highest BCUT2D eigenvalue weighted by Crippen LogP contribution is 2.36. The lowest BCUT2D eigenvalue weighted by molar-refractivity contribution is 0.475. The molecule has 0 aliphatic heterocycles. The summed E-state index contributed by atoms with van der Waals surface area (Å²) in [5.41, 5.74) is 0.939. The second kappa shape index (κ2) is 6.42. The predicted octanol–water partition coefficient (Wildman–Crippen LogP) is 6.55. The van der Waals surface area contributed by atoms with Crippen molar-refractivity contribution in [2.45, 2.75) is 5.33 Å². The minimum absolute atomic E-state index is 0.649. The van der Waals surface area contributed by atoms with Crippen molar-refractivity contribution >= 4 is 59.4 Å². The molecule has 0 aliphatic carbocycles. The van der Waals surface area contributed by atoms with Gasteiger partial charge in [0.1, 0.15) is 11.5 Å². The average molecular weight is 455 g/mol. The summed E-state index contributed by atoms with van der Waals surface area (Å²) in [5.74, 6) is 1.50. The fourth-order valence-corrected chi connectivity index (χ4v) is 3.54. The third kappa shape index (κ3) is 3.29. The van der Waals surface area contributed by atoms with Gasteiger partial charge in [0.2, 0.25) is 0 Å². The first-order valence-corrected chi connectivity index (χ1v) is 8.16. The Bertz CT molecular complexity index is 572. The molecule has 0 spiro atoms. The molecule has 0 unspecified atom stereocenters. The van der Waals surface area contributed by atoms with Crippen molar-refractivity contribution in [1.82, 2.24) is 0 Å². The molecule has 1 nitrogen and oxygen atoms in total. The van der Waals surface area contributed by atoms with Crippen LogP contribution in [0.1, 0.15) is 5.56 Å². The Labute approximate surface area is 136 Å². The van der Waals surface area contributed by atoms with E-state index in [1.165, 1.54) is 0 Å². The molecule has 0 aliphatic rings. The fraction of sp³-hybridized carbons (Fsp3) is 0.0769. The lowest BCUT2D eigenvalue weighted by Gasteiger charge is -2.12. The van der Waals surface area contributed by atoms with Gasteiger partial charge in [0.15, 0.2) is 0 Å². The molecule has 18 heavy (non-hydrogen) atoms. The molecule has 94 valence electrons. The van der Waals surface area contributed by atoms with Crippen molar-refractivity contribution in [3.05, 3.63) is 55.9 Å². The molecule has 0 radical (unpaired) electrons. The number of ether oxygens (including phenoxy) is 1. The molecule has 5 heteroatoms. The van der Waals surface area contributed by atoms with Crippen LogP contribution in [0.15, 0.2) is 45.3 Å². The second-order valence-corrected chi connectivity index (χ2v) is 6.26. The number of hydrogen-bond donors (Lipinski definition) is 0. The van der Waals surface area contributed by atoms with Crippen molar-refractivity contribution in [2.24, 2.45) is 0 Å². The minimum Gasteiger partial charge on any atom is -0.456 e. The summed E-state index contributed by atoms with van der Waals surface area (Å²) < 4.78 is 7.77. The molecule has 2 rings (SSSR count). The number of rotatable bonds is 3. The summed E-state index contributed by atoms with van der Waals surface area (Å²) in [6, 6.07) is 11.4. The van der Waals surface area contributed by atoms with Gasteiger partial charge >= 0.3 is 0 Å². The van der Waals surface area contributed by atoms with Gasteiger partial charge in [-0.25, -0.2) is 0 Å². The van der Waals surface area contributed by atoms with Gasteiger partial charge < -0.3 is 4.74 Å². The maximum atomic E-state index is 6.13. The van der Waals surface area contributed by atoms with Crippen LogP contribution in [-0.2, 0) is 5.33 Å². The highest BCUT2D eigenvalue weighted by molar-refractivity contribution is 9.11. The lowest BCUT2D eigenvalue weighted by Crippen LogP contribution is -1.91. The maximum absolute atomic E-state index is 6.13. The molecule has 0 saturated carbocycles. The summed E-state index contributed by atoms with van der Waals surface area (Å²) in [6.45, 7) is 0. The number of alkyl halides is 1. The van der Waals surface area contributed by atoms with Crippen molar-refractivity contribution in [2.75, 3.05) is 0 Å². The lowest BCUT2D eigenvalue weighted by atomic mass is 10.2. The first-order valence-electron chi connectivity index (χ1n) is 5.08. The fourth-order valence-electron chi connectivity index (χ4n) is 1.44. The Kier molecular flexibility index (Phi) is 5.13. The molecule has 0 heterocycles. The number of hydrogen-bond acceptors (Lipinski definition) is 1. The van der Waals surface area contributed by atoms with Gasteiger partial charge in [0.25, 0.3) is 0 Å². The van der Waals surface area contributed by atoms with Crippen molar-refractivity contribution in [3.8, 4) is 11.5 Å². The Morgan fingerprint density at radius 2 is 1.83 bits per heavy atom. The van der Waals surface area contributed by atoms with Gasteiger partial charge in [0.05, 0.1) is 4.47 Å². The molecule has 0 atom stereocenters. The van der Waals surface area contributed by atoms with E-state index < -0.39 is 0 Å². The van der Waals surface area contributed by atoms with Gasteiger partial charge in [-0.3, -0.25) is 0 Å². The zero-order valence-corrected chi connectivity index (χ0v) is 14.6. The van der Waals surface area contributed by atoms with Crippen LogP contribution in [0.4, 0.5) is 0 Å². The SMILES string of the molecule is Clc1cccc(Oc2ccc(Br)cc2Br)c1CBr. The number of halogens is 4. The highest BCUT2D eigenvalue weighted by Gasteiger charge is 2.09. The second-order valence-electron chi connectivity index (χ2n) is 3.53. The van der Waals surface area contributed by atoms with E-state index in [9.17, 15) is 0 Å². The van der Waals surface area contributed by atoms with E-state index in [0.29, 0.717) is 10.4 Å². The Morgan fingerprint density at radius 1 is 1.06 bits per heavy atom. The zero-order valence-electron chi connectivity index (χ0n) is 9.09. The van der Waals surface area contributed by atoms with Crippen LogP contribution in [0.5, 0.6) is 11.5 Å². The normalized spacial score (nSPS) is 10.4. The summed E-state index contributed by atoms with van der Waals surface area (Å²) in [7, 11) is 0. The standard InChI is InChI=1S/C13H8Br3ClO/c14-7-9-11(17)2-1-3-12(9)18-13-5-4-8(15)6-10(13)16/h1-6H,7H2. The van der Waals surface area contributed by atoms with E-state index in [2.05, 4.69) is 47.8 Å². The van der Waals surface area contributed by atoms with Gasteiger partial charge in [0, 0.05) is 20.4 Å². The van der Waals surface area contributed by atoms with Crippen LogP contribution < -0.4 is 4.74 Å². The Morgan fingerprint density at radius 3 is 2.50 bits per heavy atom. The molecule has 0 aromatic heterocycles. The molecule has 0 saturated heterocycles. The first kappa shape index (κ1) is 14.4. The van der Waals surface area contributed by atoms with Crippen LogP contribution in [0.25, 0.3) is 0 Å². The van der Waals surface area contributed by atoms with Gasteiger partial charge in [-0.15, -0.1) is 0 Å². The van der Waals surface area contributed by atoms with Crippen LogP contribution in [0, 0.1) is 0 Å². The van der Waals surface area contributed by atoms with E-state index in [1.807, 2.05) is 36.4 Å². The quantitative estimate of drug-likeness (QED) is 0.477. The first-order chi connectivity index (χ1) is 8.61. The van der Waals surface area contributed by atoms with Crippen molar-refractivity contribution in [3.63, 3.8) is 0 Å². The van der Waals surface area contributed by atoms with Crippen LogP contribution in [-0.4, -0.2) is 0 Å². The molecule has 0 amide bonds. The summed E-state index contributed by atoms with van der Waals surface area (Å²) in [6.07, 6.45) is 0. The van der Waals surface area contributed by atoms with Gasteiger partial charge in [-0.1, -0.05) is 49.5 Å². The Hall–Kier alpha value is -0.0300. The largest absolute Gasteiger partial charge is 0.456 e. The van der Waals surface area contributed by atoms with E-state index in [4.69, 9.17) is 16.3 Å². The summed E-state index contributed by atoms with van der Waals surface area (Å²) in [4.78, 5) is 0. The van der Waals surface area contributed by atoms with Crippen LogP contribution >= 0.6 is 59.4 Å². The molecular weight excluding hydrogens is 447 g/mol. The van der Waals surface area contributed by atoms with Crippen LogP contribution in [0.3, 0.4) is 0 Å². The van der Waals surface area contributed by atoms with Gasteiger partial charge in [-0.2, -0.15) is 0 Å². The molecule has 0 bridgehead atoms. The van der Waals surface area contributed by atoms with Crippen molar-refractivity contribution in [1.29, 1.82) is 0 Å². The summed E-state index contributed by atoms with van der Waals surface area (Å²) >= 11 is 16.4. The molecule has 2 aromatic rings. The average Bonchev–Trinajstić information content (AvgIpc) is 2.33. The van der Waals surface area contributed by atoms with Gasteiger partial charge in [-0.05, 0) is 46.3 Å². The van der Waals surface area contributed by atoms with Crippen LogP contribution in [0.2, 0.25) is 5.02 Å².